The molecular formula is C15H22F3N3O. The molecule has 1 unspecified atom stereocenters. The second kappa shape index (κ2) is 7.30. The van der Waals surface area contributed by atoms with E-state index in [-0.39, 0.29) is 12.6 Å². The summed E-state index contributed by atoms with van der Waals surface area (Å²) in [4.78, 5) is 2.14. The molecule has 0 aromatic heterocycles. The molecule has 0 bridgehead atoms. The molecule has 2 rings (SSSR count). The fourth-order valence-electron chi connectivity index (χ4n) is 2.80. The van der Waals surface area contributed by atoms with Crippen LogP contribution in [0.2, 0.25) is 0 Å². The molecule has 1 aliphatic heterocycles. The standard InChI is InChI=1S/C15H22F3N3O/c1-22-7-4-13-10-20-5-6-21(13)14-3-2-12(15(16,17)18)8-11(14)9-19/h2-3,8,13,20H,4-7,9-10,19H2,1H3. The van der Waals surface area contributed by atoms with Gasteiger partial charge in [0.2, 0.25) is 0 Å². The second-order valence-electron chi connectivity index (χ2n) is 5.38. The minimum atomic E-state index is -4.35. The van der Waals surface area contributed by atoms with Crippen molar-refractivity contribution in [3.05, 3.63) is 29.3 Å². The number of hydrogen-bond donors (Lipinski definition) is 2. The van der Waals surface area contributed by atoms with Crippen LogP contribution in [0.15, 0.2) is 18.2 Å². The zero-order valence-corrected chi connectivity index (χ0v) is 12.6. The summed E-state index contributed by atoms with van der Waals surface area (Å²) < 4.78 is 43.6. The molecular weight excluding hydrogens is 295 g/mol. The first-order valence-corrected chi connectivity index (χ1v) is 7.34. The SMILES string of the molecule is COCCC1CNCCN1c1ccc(C(F)(F)F)cc1CN. The van der Waals surface area contributed by atoms with E-state index in [1.54, 1.807) is 7.11 Å². The number of piperazine rings is 1. The Morgan fingerprint density at radius 3 is 2.82 bits per heavy atom. The van der Waals surface area contributed by atoms with E-state index < -0.39 is 11.7 Å². The third-order valence-electron chi connectivity index (χ3n) is 3.94. The molecule has 0 saturated carbocycles. The van der Waals surface area contributed by atoms with Gasteiger partial charge in [-0.25, -0.2) is 0 Å². The van der Waals surface area contributed by atoms with E-state index in [0.29, 0.717) is 12.2 Å². The summed E-state index contributed by atoms with van der Waals surface area (Å²) in [5.74, 6) is 0. The largest absolute Gasteiger partial charge is 0.416 e. The second-order valence-corrected chi connectivity index (χ2v) is 5.38. The molecule has 7 heteroatoms. The van der Waals surface area contributed by atoms with Crippen LogP contribution in [0, 0.1) is 0 Å². The predicted octanol–water partition coefficient (Wildman–Crippen LogP) is 1.98. The summed E-state index contributed by atoms with van der Waals surface area (Å²) in [6, 6.07) is 4.01. The molecule has 1 aromatic rings. The Hall–Kier alpha value is -1.31. The van der Waals surface area contributed by atoms with Crippen LogP contribution in [0.5, 0.6) is 0 Å². The van der Waals surface area contributed by atoms with Crippen molar-refractivity contribution in [3.63, 3.8) is 0 Å². The minimum absolute atomic E-state index is 0.0835. The molecule has 124 valence electrons. The number of halogens is 3. The summed E-state index contributed by atoms with van der Waals surface area (Å²) >= 11 is 0. The lowest BCUT2D eigenvalue weighted by Crippen LogP contribution is -2.52. The maximum absolute atomic E-state index is 12.8. The first kappa shape index (κ1) is 17.1. The summed E-state index contributed by atoms with van der Waals surface area (Å²) in [5, 5.41) is 3.31. The Morgan fingerprint density at radius 2 is 2.18 bits per heavy atom. The number of benzene rings is 1. The number of nitrogens with one attached hydrogen (secondary N) is 1. The van der Waals surface area contributed by atoms with Crippen molar-refractivity contribution in [3.8, 4) is 0 Å². The van der Waals surface area contributed by atoms with Crippen LogP contribution in [-0.4, -0.2) is 39.4 Å². The van der Waals surface area contributed by atoms with E-state index >= 15 is 0 Å². The van der Waals surface area contributed by atoms with Crippen LogP contribution >= 0.6 is 0 Å². The van der Waals surface area contributed by atoms with Crippen molar-refractivity contribution < 1.29 is 17.9 Å². The van der Waals surface area contributed by atoms with E-state index in [4.69, 9.17) is 10.5 Å². The van der Waals surface area contributed by atoms with Crippen molar-refractivity contribution in [1.82, 2.24) is 5.32 Å². The quantitative estimate of drug-likeness (QED) is 0.872. The van der Waals surface area contributed by atoms with Crippen LogP contribution in [-0.2, 0) is 17.5 Å². The molecule has 1 aromatic carbocycles. The summed E-state index contributed by atoms with van der Waals surface area (Å²) in [5.41, 5.74) is 6.35. The molecule has 0 aliphatic carbocycles. The van der Waals surface area contributed by atoms with Crippen LogP contribution in [0.25, 0.3) is 0 Å². The lowest BCUT2D eigenvalue weighted by Gasteiger charge is -2.39. The first-order chi connectivity index (χ1) is 10.5. The number of nitrogens with two attached hydrogens (primary N) is 1. The molecule has 1 heterocycles. The summed E-state index contributed by atoms with van der Waals surface area (Å²) in [7, 11) is 1.64. The van der Waals surface area contributed by atoms with Gasteiger partial charge in [0.1, 0.15) is 0 Å². The predicted molar refractivity (Wildman–Crippen MR) is 79.8 cm³/mol. The van der Waals surface area contributed by atoms with E-state index in [9.17, 15) is 13.2 Å². The monoisotopic (exact) mass is 317 g/mol. The third kappa shape index (κ3) is 3.91. The third-order valence-corrected chi connectivity index (χ3v) is 3.94. The Morgan fingerprint density at radius 1 is 1.41 bits per heavy atom. The van der Waals surface area contributed by atoms with Gasteiger partial charge < -0.3 is 20.7 Å². The van der Waals surface area contributed by atoms with Crippen LogP contribution in [0.4, 0.5) is 18.9 Å². The van der Waals surface area contributed by atoms with Gasteiger partial charge in [-0.05, 0) is 30.2 Å². The molecule has 1 atom stereocenters. The highest BCUT2D eigenvalue weighted by Crippen LogP contribution is 2.33. The number of alkyl halides is 3. The minimum Gasteiger partial charge on any atom is -0.385 e. The number of ether oxygens (including phenoxy) is 1. The number of hydrogen-bond acceptors (Lipinski definition) is 4. The fraction of sp³-hybridized carbons (Fsp3) is 0.600. The Bertz CT molecular complexity index is 493. The van der Waals surface area contributed by atoms with Gasteiger partial charge >= 0.3 is 6.18 Å². The highest BCUT2D eigenvalue weighted by molar-refractivity contribution is 5.56. The van der Waals surface area contributed by atoms with Crippen LogP contribution < -0.4 is 16.0 Å². The van der Waals surface area contributed by atoms with E-state index in [1.165, 1.54) is 6.07 Å². The van der Waals surface area contributed by atoms with Gasteiger partial charge in [-0.3, -0.25) is 0 Å². The highest BCUT2D eigenvalue weighted by Gasteiger charge is 2.32. The van der Waals surface area contributed by atoms with E-state index in [0.717, 1.165) is 43.9 Å². The topological polar surface area (TPSA) is 50.5 Å². The first-order valence-electron chi connectivity index (χ1n) is 7.34. The molecule has 0 amide bonds. The smallest absolute Gasteiger partial charge is 0.385 e. The Kier molecular flexibility index (Phi) is 5.66. The van der Waals surface area contributed by atoms with Gasteiger partial charge in [0, 0.05) is 51.6 Å². The van der Waals surface area contributed by atoms with Gasteiger partial charge in [0.15, 0.2) is 0 Å². The van der Waals surface area contributed by atoms with Gasteiger partial charge in [-0.1, -0.05) is 0 Å². The van der Waals surface area contributed by atoms with E-state index in [1.807, 2.05) is 0 Å². The zero-order chi connectivity index (χ0) is 16.2. The van der Waals surface area contributed by atoms with Gasteiger partial charge in [0.05, 0.1) is 5.56 Å². The maximum Gasteiger partial charge on any atom is 0.416 e. The van der Waals surface area contributed by atoms with Crippen molar-refractivity contribution in [2.75, 3.05) is 38.3 Å². The molecule has 1 aliphatic rings. The lowest BCUT2D eigenvalue weighted by atomic mass is 10.0. The molecule has 0 spiro atoms. The lowest BCUT2D eigenvalue weighted by molar-refractivity contribution is -0.137. The molecule has 0 radical (unpaired) electrons. The van der Waals surface area contributed by atoms with Crippen molar-refractivity contribution >= 4 is 5.69 Å². The number of rotatable bonds is 5. The van der Waals surface area contributed by atoms with Gasteiger partial charge in [-0.2, -0.15) is 13.2 Å². The van der Waals surface area contributed by atoms with Crippen molar-refractivity contribution in [2.24, 2.45) is 5.73 Å². The fourth-order valence-corrected chi connectivity index (χ4v) is 2.80. The normalized spacial score (nSPS) is 19.5. The Labute approximate surface area is 128 Å². The average molecular weight is 317 g/mol. The number of methoxy groups -OCH3 is 1. The maximum atomic E-state index is 12.8. The Balaban J connectivity index is 2.28. The van der Waals surface area contributed by atoms with E-state index in [2.05, 4.69) is 10.2 Å². The zero-order valence-electron chi connectivity index (χ0n) is 12.6. The molecule has 3 N–H and O–H groups in total. The molecule has 1 fully saturated rings. The molecule has 4 nitrogen and oxygen atoms in total. The van der Waals surface area contributed by atoms with Crippen LogP contribution in [0.1, 0.15) is 17.5 Å². The summed E-state index contributed by atoms with van der Waals surface area (Å²) in [6.07, 6.45) is -3.53. The highest BCUT2D eigenvalue weighted by atomic mass is 19.4. The number of anilines is 1. The van der Waals surface area contributed by atoms with Crippen molar-refractivity contribution in [2.45, 2.75) is 25.2 Å². The van der Waals surface area contributed by atoms with Gasteiger partial charge in [0.25, 0.3) is 0 Å². The summed E-state index contributed by atoms with van der Waals surface area (Å²) in [6.45, 7) is 3.03. The molecule has 1 saturated heterocycles. The molecule has 22 heavy (non-hydrogen) atoms. The number of nitrogens with zero attached hydrogens (tertiary/aromatic N) is 1. The van der Waals surface area contributed by atoms with Crippen molar-refractivity contribution in [1.29, 1.82) is 0 Å². The van der Waals surface area contributed by atoms with Crippen LogP contribution in [0.3, 0.4) is 0 Å². The average Bonchev–Trinajstić information content (AvgIpc) is 2.51. The van der Waals surface area contributed by atoms with Gasteiger partial charge in [-0.15, -0.1) is 0 Å².